The molecule has 0 spiro atoms. The summed E-state index contributed by atoms with van der Waals surface area (Å²) in [7, 11) is 0. The molecule has 2 N–H and O–H groups in total. The number of carboxylic acid groups (broad SMARTS) is 1. The fourth-order valence-electron chi connectivity index (χ4n) is 0.524. The summed E-state index contributed by atoms with van der Waals surface area (Å²) < 4.78 is 4.16. The van der Waals surface area contributed by atoms with Crippen LogP contribution in [-0.4, -0.2) is 16.2 Å². The molecule has 0 aliphatic carbocycles. The Morgan fingerprint density at radius 3 is 2.55 bits per heavy atom. The molecule has 0 bridgehead atoms. The van der Waals surface area contributed by atoms with E-state index in [2.05, 4.69) is 4.42 Å². The minimum Gasteiger partial charge on any atom is -0.502 e. The van der Waals surface area contributed by atoms with E-state index in [-0.39, 0.29) is 0 Å². The standard InChI is InChI=1S/C6H4O5/c7-3-1-2-4(5(8)9)11-6(3)10/h1-2,7H,(H,8,9). The summed E-state index contributed by atoms with van der Waals surface area (Å²) >= 11 is 0. The molecule has 1 aromatic rings. The highest BCUT2D eigenvalue weighted by Crippen LogP contribution is 2.02. The van der Waals surface area contributed by atoms with Crippen molar-refractivity contribution in [1.29, 1.82) is 0 Å². The lowest BCUT2D eigenvalue weighted by Gasteiger charge is -1.91. The minimum absolute atomic E-state index is 0.493. The maximum atomic E-state index is 10.5. The molecular weight excluding hydrogens is 152 g/mol. The third-order valence-corrected chi connectivity index (χ3v) is 1.02. The Morgan fingerprint density at radius 1 is 1.45 bits per heavy atom. The summed E-state index contributed by atoms with van der Waals surface area (Å²) in [4.78, 5) is 20.6. The highest BCUT2D eigenvalue weighted by atomic mass is 16.4. The predicted molar refractivity (Wildman–Crippen MR) is 33.6 cm³/mol. The molecule has 0 radical (unpaired) electrons. The maximum Gasteiger partial charge on any atom is 0.379 e. The van der Waals surface area contributed by atoms with E-state index < -0.39 is 23.1 Å². The quantitative estimate of drug-likeness (QED) is 0.599. The van der Waals surface area contributed by atoms with E-state index in [9.17, 15) is 9.59 Å². The van der Waals surface area contributed by atoms with Crippen molar-refractivity contribution in [2.45, 2.75) is 0 Å². The monoisotopic (exact) mass is 156 g/mol. The van der Waals surface area contributed by atoms with Crippen LogP contribution in [0.1, 0.15) is 10.6 Å². The largest absolute Gasteiger partial charge is 0.502 e. The summed E-state index contributed by atoms with van der Waals surface area (Å²) in [5.41, 5.74) is -1.05. The van der Waals surface area contributed by atoms with Crippen LogP contribution >= 0.6 is 0 Å². The topological polar surface area (TPSA) is 87.7 Å². The molecule has 0 aliphatic heterocycles. The number of aromatic hydroxyl groups is 1. The maximum absolute atomic E-state index is 10.5. The zero-order valence-corrected chi connectivity index (χ0v) is 5.27. The van der Waals surface area contributed by atoms with Gasteiger partial charge in [0.2, 0.25) is 11.5 Å². The lowest BCUT2D eigenvalue weighted by atomic mass is 10.4. The molecule has 1 aromatic heterocycles. The molecule has 5 nitrogen and oxygen atoms in total. The van der Waals surface area contributed by atoms with Crippen LogP contribution in [0, 0.1) is 0 Å². The number of carboxylic acids is 1. The van der Waals surface area contributed by atoms with Crippen LogP contribution in [-0.2, 0) is 0 Å². The molecule has 1 heterocycles. The fraction of sp³-hybridized carbons (Fsp3) is 0. The van der Waals surface area contributed by atoms with Gasteiger partial charge < -0.3 is 14.6 Å². The van der Waals surface area contributed by atoms with Crippen molar-refractivity contribution >= 4 is 5.97 Å². The SMILES string of the molecule is O=C(O)c1ccc(O)c(=O)o1. The van der Waals surface area contributed by atoms with Gasteiger partial charge in [-0.3, -0.25) is 0 Å². The van der Waals surface area contributed by atoms with Gasteiger partial charge in [-0.25, -0.2) is 9.59 Å². The first kappa shape index (κ1) is 7.33. The average molecular weight is 156 g/mol. The van der Waals surface area contributed by atoms with E-state index in [0.717, 1.165) is 12.1 Å². The molecular formula is C6H4O5. The van der Waals surface area contributed by atoms with Gasteiger partial charge in [0, 0.05) is 0 Å². The second-order valence-corrected chi connectivity index (χ2v) is 1.78. The Bertz CT molecular complexity index is 337. The van der Waals surface area contributed by atoms with Gasteiger partial charge in [0.1, 0.15) is 0 Å². The number of hydrogen-bond acceptors (Lipinski definition) is 4. The second-order valence-electron chi connectivity index (χ2n) is 1.78. The normalized spacial score (nSPS) is 9.45. The second kappa shape index (κ2) is 2.45. The minimum atomic E-state index is -1.35. The Hall–Kier alpha value is -1.78. The zero-order valence-electron chi connectivity index (χ0n) is 5.27. The number of rotatable bonds is 1. The summed E-state index contributed by atoms with van der Waals surface area (Å²) in [6, 6.07) is 1.97. The first-order chi connectivity index (χ1) is 5.11. The first-order valence-electron chi connectivity index (χ1n) is 2.67. The molecule has 0 aliphatic rings. The van der Waals surface area contributed by atoms with Crippen molar-refractivity contribution in [3.63, 3.8) is 0 Å². The molecule has 0 unspecified atom stereocenters. The van der Waals surface area contributed by atoms with Gasteiger partial charge in [-0.05, 0) is 12.1 Å². The van der Waals surface area contributed by atoms with E-state index in [1.807, 2.05) is 0 Å². The van der Waals surface area contributed by atoms with Crippen LogP contribution in [0.5, 0.6) is 5.75 Å². The Balaban J connectivity index is 3.26. The van der Waals surface area contributed by atoms with Crippen LogP contribution in [0.25, 0.3) is 0 Å². The van der Waals surface area contributed by atoms with Gasteiger partial charge in [0.15, 0.2) is 0 Å². The van der Waals surface area contributed by atoms with Crippen molar-refractivity contribution in [2.24, 2.45) is 0 Å². The molecule has 5 heteroatoms. The van der Waals surface area contributed by atoms with E-state index in [4.69, 9.17) is 10.2 Å². The van der Waals surface area contributed by atoms with Crippen LogP contribution in [0.15, 0.2) is 21.3 Å². The number of hydrogen-bond donors (Lipinski definition) is 2. The van der Waals surface area contributed by atoms with Crippen LogP contribution < -0.4 is 5.63 Å². The van der Waals surface area contributed by atoms with Crippen LogP contribution in [0.3, 0.4) is 0 Å². The smallest absolute Gasteiger partial charge is 0.379 e. The Kier molecular flexibility index (Phi) is 1.63. The third-order valence-electron chi connectivity index (χ3n) is 1.02. The Labute approximate surface area is 60.5 Å². The van der Waals surface area contributed by atoms with Gasteiger partial charge in [0.25, 0.3) is 0 Å². The van der Waals surface area contributed by atoms with Crippen molar-refractivity contribution < 1.29 is 19.4 Å². The van der Waals surface area contributed by atoms with E-state index in [0.29, 0.717) is 0 Å². The predicted octanol–water partition coefficient (Wildman–Crippen LogP) is 0.0436. The third kappa shape index (κ3) is 1.37. The van der Waals surface area contributed by atoms with Crippen molar-refractivity contribution in [2.75, 3.05) is 0 Å². The highest BCUT2D eigenvalue weighted by molar-refractivity contribution is 5.84. The number of aromatic carboxylic acids is 1. The molecule has 0 amide bonds. The average Bonchev–Trinajstić information content (AvgIpc) is 1.94. The van der Waals surface area contributed by atoms with Gasteiger partial charge in [0.05, 0.1) is 0 Å². The van der Waals surface area contributed by atoms with E-state index >= 15 is 0 Å². The van der Waals surface area contributed by atoms with Gasteiger partial charge in [-0.2, -0.15) is 0 Å². The molecule has 0 saturated carbocycles. The van der Waals surface area contributed by atoms with E-state index in [1.54, 1.807) is 0 Å². The van der Waals surface area contributed by atoms with Gasteiger partial charge >= 0.3 is 11.6 Å². The summed E-state index contributed by atoms with van der Waals surface area (Å²) in [5, 5.41) is 16.9. The molecule has 0 fully saturated rings. The molecule has 0 aromatic carbocycles. The van der Waals surface area contributed by atoms with Crippen molar-refractivity contribution in [3.05, 3.63) is 28.3 Å². The van der Waals surface area contributed by atoms with Crippen molar-refractivity contribution in [1.82, 2.24) is 0 Å². The van der Waals surface area contributed by atoms with Crippen LogP contribution in [0.4, 0.5) is 0 Å². The molecule has 58 valence electrons. The molecule has 0 saturated heterocycles. The van der Waals surface area contributed by atoms with Gasteiger partial charge in [-0.15, -0.1) is 0 Å². The molecule has 0 atom stereocenters. The first-order valence-corrected chi connectivity index (χ1v) is 2.67. The Morgan fingerprint density at radius 2 is 2.09 bits per heavy atom. The lowest BCUT2D eigenvalue weighted by Crippen LogP contribution is -2.04. The van der Waals surface area contributed by atoms with Crippen molar-refractivity contribution in [3.8, 4) is 5.75 Å². The summed E-state index contributed by atoms with van der Waals surface area (Å²) in [5.74, 6) is -2.44. The lowest BCUT2D eigenvalue weighted by molar-refractivity contribution is 0.0656. The highest BCUT2D eigenvalue weighted by Gasteiger charge is 2.07. The molecule has 11 heavy (non-hydrogen) atoms. The summed E-state index contributed by atoms with van der Waals surface area (Å²) in [6.07, 6.45) is 0. The van der Waals surface area contributed by atoms with E-state index in [1.165, 1.54) is 0 Å². The number of carbonyl (C=O) groups is 1. The summed E-state index contributed by atoms with van der Waals surface area (Å²) in [6.45, 7) is 0. The molecule has 1 rings (SSSR count). The van der Waals surface area contributed by atoms with Gasteiger partial charge in [-0.1, -0.05) is 0 Å². The zero-order chi connectivity index (χ0) is 8.43. The fourth-order valence-corrected chi connectivity index (χ4v) is 0.524. The van der Waals surface area contributed by atoms with Crippen LogP contribution in [0.2, 0.25) is 0 Å².